The maximum Gasteiger partial charge on any atom is 0.339 e. The Labute approximate surface area is 176 Å². The van der Waals surface area contributed by atoms with Crippen LogP contribution in [-0.4, -0.2) is 41.5 Å². The molecule has 0 aliphatic carbocycles. The smallest absolute Gasteiger partial charge is 0.339 e. The Hall–Kier alpha value is -3.21. The lowest BCUT2D eigenvalue weighted by Crippen LogP contribution is -2.35. The van der Waals surface area contributed by atoms with Crippen LogP contribution < -0.4 is 0 Å². The zero-order valence-electron chi connectivity index (χ0n) is 17.3. The molecular formula is C25H26N2O3. The summed E-state index contributed by atoms with van der Waals surface area (Å²) in [7, 11) is 0. The van der Waals surface area contributed by atoms with E-state index in [2.05, 4.69) is 0 Å². The first-order valence-electron chi connectivity index (χ1n) is 10.5. The number of carbonyl (C=O) groups excluding carboxylic acids is 2. The van der Waals surface area contributed by atoms with Crippen molar-refractivity contribution in [2.45, 2.75) is 32.6 Å². The van der Waals surface area contributed by atoms with Crippen molar-refractivity contribution >= 4 is 22.8 Å². The number of carbonyl (C=O) groups is 2. The Morgan fingerprint density at radius 3 is 2.33 bits per heavy atom. The molecule has 1 aliphatic heterocycles. The topological polar surface area (TPSA) is 59.5 Å². The second-order valence-electron chi connectivity index (χ2n) is 7.71. The van der Waals surface area contributed by atoms with Crippen LogP contribution in [0.4, 0.5) is 0 Å². The summed E-state index contributed by atoms with van der Waals surface area (Å²) in [6.07, 6.45) is 4.31. The number of rotatable bonds is 4. The van der Waals surface area contributed by atoms with E-state index in [1.807, 2.05) is 66.4 Å². The zero-order valence-corrected chi connectivity index (χ0v) is 17.3. The second-order valence-corrected chi connectivity index (χ2v) is 7.71. The normalized spacial score (nSPS) is 14.4. The van der Waals surface area contributed by atoms with Gasteiger partial charge in [0.05, 0.1) is 16.8 Å². The molecule has 1 aromatic heterocycles. The Kier molecular flexibility index (Phi) is 6.07. The monoisotopic (exact) mass is 402 g/mol. The predicted octanol–water partition coefficient (Wildman–Crippen LogP) is 4.77. The third-order valence-corrected chi connectivity index (χ3v) is 5.67. The van der Waals surface area contributed by atoms with Crippen LogP contribution in [0.3, 0.4) is 0 Å². The molecule has 1 aliphatic rings. The largest absolute Gasteiger partial charge is 0.452 e. The van der Waals surface area contributed by atoms with Crippen LogP contribution in [0.15, 0.2) is 54.6 Å². The lowest BCUT2D eigenvalue weighted by Gasteiger charge is -2.20. The van der Waals surface area contributed by atoms with E-state index in [9.17, 15) is 9.59 Å². The van der Waals surface area contributed by atoms with E-state index in [0.29, 0.717) is 5.56 Å². The SMILES string of the molecule is Cc1c(-c2ccccc2)nc2ccccc2c1C(=O)OCC(=O)N1CCCCCC1. The summed E-state index contributed by atoms with van der Waals surface area (Å²) in [6.45, 7) is 3.14. The number of amides is 1. The van der Waals surface area contributed by atoms with Gasteiger partial charge in [0.25, 0.3) is 5.91 Å². The van der Waals surface area contributed by atoms with E-state index >= 15 is 0 Å². The minimum Gasteiger partial charge on any atom is -0.452 e. The molecule has 5 heteroatoms. The molecule has 0 bridgehead atoms. The van der Waals surface area contributed by atoms with E-state index in [1.165, 1.54) is 0 Å². The predicted molar refractivity (Wildman–Crippen MR) is 117 cm³/mol. The summed E-state index contributed by atoms with van der Waals surface area (Å²) in [5.74, 6) is -0.601. The van der Waals surface area contributed by atoms with E-state index in [4.69, 9.17) is 9.72 Å². The van der Waals surface area contributed by atoms with Gasteiger partial charge in [0, 0.05) is 24.0 Å². The summed E-state index contributed by atoms with van der Waals surface area (Å²) in [5, 5.41) is 0.738. The maximum atomic E-state index is 13.1. The number of ether oxygens (including phenoxy) is 1. The highest BCUT2D eigenvalue weighted by atomic mass is 16.5. The van der Waals surface area contributed by atoms with Crippen molar-refractivity contribution in [2.24, 2.45) is 0 Å². The van der Waals surface area contributed by atoms with Crippen molar-refractivity contribution < 1.29 is 14.3 Å². The third-order valence-electron chi connectivity index (χ3n) is 5.67. The molecule has 0 unspecified atom stereocenters. The molecule has 0 N–H and O–H groups in total. The van der Waals surface area contributed by atoms with Gasteiger partial charge in [0.2, 0.25) is 0 Å². The first-order valence-corrected chi connectivity index (χ1v) is 10.5. The summed E-state index contributed by atoms with van der Waals surface area (Å²) < 4.78 is 5.51. The summed E-state index contributed by atoms with van der Waals surface area (Å²) in [5.41, 5.74) is 3.65. The highest BCUT2D eigenvalue weighted by molar-refractivity contribution is 6.06. The molecule has 0 spiro atoms. The van der Waals surface area contributed by atoms with Crippen molar-refractivity contribution in [2.75, 3.05) is 19.7 Å². The van der Waals surface area contributed by atoms with Crippen molar-refractivity contribution in [1.29, 1.82) is 0 Å². The van der Waals surface area contributed by atoms with E-state index < -0.39 is 5.97 Å². The Morgan fingerprint density at radius 2 is 1.60 bits per heavy atom. The molecule has 5 nitrogen and oxygen atoms in total. The van der Waals surface area contributed by atoms with Crippen LogP contribution in [0.1, 0.15) is 41.6 Å². The number of benzene rings is 2. The van der Waals surface area contributed by atoms with Gasteiger partial charge in [0.15, 0.2) is 6.61 Å². The second kappa shape index (κ2) is 9.08. The molecule has 2 aromatic carbocycles. The fourth-order valence-electron chi connectivity index (χ4n) is 4.06. The average molecular weight is 402 g/mol. The number of fused-ring (bicyclic) bond motifs is 1. The van der Waals surface area contributed by atoms with Crippen molar-refractivity contribution in [3.05, 3.63) is 65.7 Å². The first-order chi connectivity index (χ1) is 14.6. The number of esters is 1. The highest BCUT2D eigenvalue weighted by Crippen LogP contribution is 2.30. The van der Waals surface area contributed by atoms with Gasteiger partial charge in [0.1, 0.15) is 0 Å². The van der Waals surface area contributed by atoms with Crippen molar-refractivity contribution in [3.63, 3.8) is 0 Å². The van der Waals surface area contributed by atoms with E-state index in [-0.39, 0.29) is 12.5 Å². The number of aromatic nitrogens is 1. The Morgan fingerprint density at radius 1 is 0.933 bits per heavy atom. The molecule has 4 rings (SSSR count). The first kappa shape index (κ1) is 20.1. The Bertz CT molecular complexity index is 1050. The number of hydrogen-bond acceptors (Lipinski definition) is 4. The number of pyridine rings is 1. The molecule has 154 valence electrons. The van der Waals surface area contributed by atoms with Gasteiger partial charge in [-0.1, -0.05) is 61.4 Å². The minimum atomic E-state index is -0.480. The minimum absolute atomic E-state index is 0.121. The van der Waals surface area contributed by atoms with Gasteiger partial charge >= 0.3 is 5.97 Å². The molecular weight excluding hydrogens is 376 g/mol. The molecule has 0 radical (unpaired) electrons. The quantitative estimate of drug-likeness (QED) is 0.590. The summed E-state index contributed by atoms with van der Waals surface area (Å²) in [6, 6.07) is 17.3. The van der Waals surface area contributed by atoms with Crippen LogP contribution in [-0.2, 0) is 9.53 Å². The van der Waals surface area contributed by atoms with Crippen LogP contribution in [0, 0.1) is 6.92 Å². The van der Waals surface area contributed by atoms with Gasteiger partial charge in [-0.25, -0.2) is 9.78 Å². The number of hydrogen-bond donors (Lipinski definition) is 0. The van der Waals surface area contributed by atoms with Gasteiger partial charge in [-0.2, -0.15) is 0 Å². The lowest BCUT2D eigenvalue weighted by atomic mass is 9.98. The molecule has 0 atom stereocenters. The van der Waals surface area contributed by atoms with Crippen LogP contribution in [0.25, 0.3) is 22.2 Å². The fraction of sp³-hybridized carbons (Fsp3) is 0.320. The number of para-hydroxylation sites is 1. The van der Waals surface area contributed by atoms with E-state index in [0.717, 1.165) is 66.5 Å². The third kappa shape index (κ3) is 4.20. The molecule has 1 saturated heterocycles. The van der Waals surface area contributed by atoms with Crippen LogP contribution in [0.2, 0.25) is 0 Å². The summed E-state index contributed by atoms with van der Waals surface area (Å²) >= 11 is 0. The molecule has 2 heterocycles. The standard InChI is InChI=1S/C25H26N2O3/c1-18-23(25(29)30-17-22(28)27-15-9-2-3-10-16-27)20-13-7-8-14-21(20)26-24(18)19-11-5-4-6-12-19/h4-8,11-14H,2-3,9-10,15-17H2,1H3. The van der Waals surface area contributed by atoms with Crippen LogP contribution in [0.5, 0.6) is 0 Å². The number of nitrogens with zero attached hydrogens (tertiary/aromatic N) is 2. The fourth-order valence-corrected chi connectivity index (χ4v) is 4.06. The van der Waals surface area contributed by atoms with Crippen molar-refractivity contribution in [1.82, 2.24) is 9.88 Å². The highest BCUT2D eigenvalue weighted by Gasteiger charge is 2.22. The van der Waals surface area contributed by atoms with Crippen molar-refractivity contribution in [3.8, 4) is 11.3 Å². The van der Waals surface area contributed by atoms with Crippen LogP contribution >= 0.6 is 0 Å². The van der Waals surface area contributed by atoms with Gasteiger partial charge in [-0.3, -0.25) is 4.79 Å². The van der Waals surface area contributed by atoms with Gasteiger partial charge < -0.3 is 9.64 Å². The average Bonchev–Trinajstić information content (AvgIpc) is 3.07. The molecule has 1 fully saturated rings. The molecule has 1 amide bonds. The number of likely N-dealkylation sites (tertiary alicyclic amines) is 1. The van der Waals surface area contributed by atoms with E-state index in [1.54, 1.807) is 0 Å². The molecule has 0 saturated carbocycles. The van der Waals surface area contributed by atoms with Gasteiger partial charge in [-0.05, 0) is 31.4 Å². The zero-order chi connectivity index (χ0) is 20.9. The summed E-state index contributed by atoms with van der Waals surface area (Å²) in [4.78, 5) is 32.3. The Balaban J connectivity index is 1.63. The maximum absolute atomic E-state index is 13.1. The lowest BCUT2D eigenvalue weighted by molar-refractivity contribution is -0.134. The molecule has 3 aromatic rings. The molecule has 30 heavy (non-hydrogen) atoms. The van der Waals surface area contributed by atoms with Gasteiger partial charge in [-0.15, -0.1) is 0 Å².